The molecule has 1 unspecified atom stereocenters. The van der Waals surface area contributed by atoms with Crippen LogP contribution in [-0.2, 0) is 4.84 Å². The van der Waals surface area contributed by atoms with Crippen LogP contribution in [0, 0.1) is 17.8 Å². The monoisotopic (exact) mass is 345 g/mol. The number of carbonyl (C=O) groups is 1. The van der Waals surface area contributed by atoms with Crippen LogP contribution in [0.5, 0.6) is 0 Å². The largest absolute Gasteiger partial charge is 0.366 e. The van der Waals surface area contributed by atoms with Crippen LogP contribution in [0.25, 0.3) is 0 Å². The van der Waals surface area contributed by atoms with E-state index >= 15 is 0 Å². The quantitative estimate of drug-likeness (QED) is 0.908. The molecule has 0 radical (unpaired) electrons. The zero-order chi connectivity index (χ0) is 17.9. The molecule has 1 aliphatic carbocycles. The Morgan fingerprint density at radius 2 is 2.08 bits per heavy atom. The zero-order valence-electron chi connectivity index (χ0n) is 15.6. The molecule has 4 rings (SSSR count). The standard InChI is InChI=1S/C18H27N5O2/c1-6-23-16(21-25-18(23,4)5)15-11-8-22(9-12(11)15)17(24)14-7-13(10(2)3)19-20-14/h7,10-12,15H,6,8-9H2,1-5H3,(H,19,20)/t11-,12+,15?. The van der Waals surface area contributed by atoms with Gasteiger partial charge in [0.15, 0.2) is 5.84 Å². The number of carbonyl (C=O) groups excluding carboxylic acids is 1. The summed E-state index contributed by atoms with van der Waals surface area (Å²) in [6, 6.07) is 1.88. The molecular formula is C18H27N5O2. The number of aromatic amines is 1. The molecule has 2 fully saturated rings. The second-order valence-electron chi connectivity index (χ2n) is 8.16. The Bertz CT molecular complexity index is 711. The van der Waals surface area contributed by atoms with Gasteiger partial charge in [-0.2, -0.15) is 5.10 Å². The topological polar surface area (TPSA) is 73.8 Å². The normalized spacial score (nSPS) is 29.7. The number of rotatable bonds is 4. The third kappa shape index (κ3) is 2.51. The van der Waals surface area contributed by atoms with E-state index in [-0.39, 0.29) is 11.6 Å². The van der Waals surface area contributed by atoms with Gasteiger partial charge in [0.05, 0.1) is 0 Å². The number of nitrogens with one attached hydrogen (secondary N) is 1. The van der Waals surface area contributed by atoms with Crippen molar-refractivity contribution in [3.63, 3.8) is 0 Å². The smallest absolute Gasteiger partial charge is 0.274 e. The van der Waals surface area contributed by atoms with E-state index in [1.165, 1.54) is 0 Å². The molecule has 0 bridgehead atoms. The molecule has 136 valence electrons. The van der Waals surface area contributed by atoms with E-state index in [2.05, 4.69) is 41.0 Å². The van der Waals surface area contributed by atoms with Gasteiger partial charge in [-0.25, -0.2) is 0 Å². The lowest BCUT2D eigenvalue weighted by Gasteiger charge is -2.31. The highest BCUT2D eigenvalue weighted by molar-refractivity contribution is 5.94. The zero-order valence-corrected chi connectivity index (χ0v) is 15.6. The van der Waals surface area contributed by atoms with E-state index in [1.54, 1.807) is 0 Å². The van der Waals surface area contributed by atoms with Crippen LogP contribution < -0.4 is 0 Å². The van der Waals surface area contributed by atoms with Gasteiger partial charge in [-0.1, -0.05) is 19.0 Å². The van der Waals surface area contributed by atoms with Crippen molar-refractivity contribution in [1.29, 1.82) is 0 Å². The van der Waals surface area contributed by atoms with Gasteiger partial charge in [-0.15, -0.1) is 0 Å². The molecule has 7 nitrogen and oxygen atoms in total. The molecule has 1 amide bonds. The number of amidine groups is 1. The first-order valence-corrected chi connectivity index (χ1v) is 9.21. The molecule has 1 saturated carbocycles. The number of fused-ring (bicyclic) bond motifs is 1. The molecule has 2 aliphatic heterocycles. The molecule has 0 aromatic carbocycles. The van der Waals surface area contributed by atoms with Crippen LogP contribution in [0.15, 0.2) is 11.2 Å². The Morgan fingerprint density at radius 1 is 1.40 bits per heavy atom. The first kappa shape index (κ1) is 16.4. The van der Waals surface area contributed by atoms with E-state index < -0.39 is 0 Å². The fourth-order valence-corrected chi connectivity index (χ4v) is 4.30. The van der Waals surface area contributed by atoms with Gasteiger partial charge in [0.25, 0.3) is 5.91 Å². The molecule has 0 spiro atoms. The minimum absolute atomic E-state index is 0.0337. The maximum absolute atomic E-state index is 12.7. The molecule has 1 aromatic rings. The Morgan fingerprint density at radius 3 is 2.64 bits per heavy atom. The molecule has 25 heavy (non-hydrogen) atoms. The van der Waals surface area contributed by atoms with Crippen molar-refractivity contribution in [3.8, 4) is 0 Å². The number of hydrogen-bond acceptors (Lipinski definition) is 5. The fraction of sp³-hybridized carbons (Fsp3) is 0.722. The Labute approximate surface area is 148 Å². The minimum atomic E-state index is -0.362. The van der Waals surface area contributed by atoms with Gasteiger partial charge in [0.1, 0.15) is 5.69 Å². The maximum atomic E-state index is 12.7. The van der Waals surface area contributed by atoms with Crippen molar-refractivity contribution in [1.82, 2.24) is 20.0 Å². The van der Waals surface area contributed by atoms with E-state index in [0.29, 0.717) is 29.4 Å². The molecule has 3 aliphatic rings. The van der Waals surface area contributed by atoms with Crippen LogP contribution in [0.1, 0.15) is 56.7 Å². The number of piperidine rings is 1. The summed E-state index contributed by atoms with van der Waals surface area (Å²) in [6.45, 7) is 12.9. The minimum Gasteiger partial charge on any atom is -0.366 e. The predicted octanol–water partition coefficient (Wildman–Crippen LogP) is 2.25. The summed E-state index contributed by atoms with van der Waals surface area (Å²) < 4.78 is 0. The molecule has 3 heterocycles. The first-order valence-electron chi connectivity index (χ1n) is 9.21. The highest BCUT2D eigenvalue weighted by Crippen LogP contribution is 2.54. The number of likely N-dealkylation sites (tertiary alicyclic amines) is 1. The molecule has 1 saturated heterocycles. The van der Waals surface area contributed by atoms with Crippen LogP contribution in [0.2, 0.25) is 0 Å². The van der Waals surface area contributed by atoms with Crippen molar-refractivity contribution >= 4 is 11.7 Å². The SMILES string of the molecule is CCN1C(C2[C@H]3CN(C(=O)c4cc(C(C)C)[nH]n4)C[C@@H]23)=NOC1(C)C. The number of nitrogens with zero attached hydrogens (tertiary/aromatic N) is 4. The van der Waals surface area contributed by atoms with Crippen molar-refractivity contribution in [3.05, 3.63) is 17.5 Å². The maximum Gasteiger partial charge on any atom is 0.274 e. The highest BCUT2D eigenvalue weighted by Gasteiger charge is 2.62. The predicted molar refractivity (Wildman–Crippen MR) is 94.0 cm³/mol. The number of H-pyrrole nitrogens is 1. The van der Waals surface area contributed by atoms with Gasteiger partial charge in [0, 0.05) is 31.2 Å². The summed E-state index contributed by atoms with van der Waals surface area (Å²) in [6.07, 6.45) is 0. The molecule has 1 aromatic heterocycles. The number of amides is 1. The number of oxime groups is 1. The summed E-state index contributed by atoms with van der Waals surface area (Å²) in [5.74, 6) is 2.86. The molecule has 1 N–H and O–H groups in total. The van der Waals surface area contributed by atoms with Gasteiger partial charge in [0.2, 0.25) is 5.72 Å². The molecule has 7 heteroatoms. The van der Waals surface area contributed by atoms with E-state index in [4.69, 9.17) is 4.84 Å². The lowest BCUT2D eigenvalue weighted by Crippen LogP contribution is -2.45. The average molecular weight is 345 g/mol. The third-order valence-electron chi connectivity index (χ3n) is 5.82. The van der Waals surface area contributed by atoms with Crippen molar-refractivity contribution in [2.45, 2.75) is 46.3 Å². The van der Waals surface area contributed by atoms with Gasteiger partial charge in [-0.3, -0.25) is 9.89 Å². The van der Waals surface area contributed by atoms with Crippen LogP contribution in [0.3, 0.4) is 0 Å². The summed E-state index contributed by atoms with van der Waals surface area (Å²) in [5.41, 5.74) is 1.17. The first-order chi connectivity index (χ1) is 11.8. The average Bonchev–Trinajstić information content (AvgIpc) is 3.00. The number of hydrogen-bond donors (Lipinski definition) is 1. The Kier molecular flexibility index (Phi) is 3.60. The van der Waals surface area contributed by atoms with Gasteiger partial charge >= 0.3 is 0 Å². The van der Waals surface area contributed by atoms with Crippen molar-refractivity contribution < 1.29 is 9.63 Å². The second-order valence-corrected chi connectivity index (χ2v) is 8.16. The second kappa shape index (κ2) is 5.47. The van der Waals surface area contributed by atoms with Gasteiger partial charge < -0.3 is 14.6 Å². The third-order valence-corrected chi connectivity index (χ3v) is 5.82. The lowest BCUT2D eigenvalue weighted by molar-refractivity contribution is -0.0670. The Hall–Kier alpha value is -2.05. The summed E-state index contributed by atoms with van der Waals surface area (Å²) in [7, 11) is 0. The van der Waals surface area contributed by atoms with E-state index in [9.17, 15) is 4.79 Å². The van der Waals surface area contributed by atoms with Crippen molar-refractivity contribution in [2.24, 2.45) is 22.9 Å². The molecular weight excluding hydrogens is 318 g/mol. The van der Waals surface area contributed by atoms with E-state index in [1.807, 2.05) is 24.8 Å². The molecule has 3 atom stereocenters. The van der Waals surface area contributed by atoms with Crippen LogP contribution >= 0.6 is 0 Å². The fourth-order valence-electron chi connectivity index (χ4n) is 4.30. The van der Waals surface area contributed by atoms with Crippen LogP contribution in [0.4, 0.5) is 0 Å². The lowest BCUT2D eigenvalue weighted by atomic mass is 10.1. The van der Waals surface area contributed by atoms with Crippen molar-refractivity contribution in [2.75, 3.05) is 19.6 Å². The van der Waals surface area contributed by atoms with E-state index in [0.717, 1.165) is 31.2 Å². The summed E-state index contributed by atoms with van der Waals surface area (Å²) >= 11 is 0. The van der Waals surface area contributed by atoms with Crippen LogP contribution in [-0.4, -0.2) is 57.1 Å². The highest BCUT2D eigenvalue weighted by atomic mass is 16.7. The number of aromatic nitrogens is 2. The summed E-state index contributed by atoms with van der Waals surface area (Å²) in [4.78, 5) is 22.5. The van der Waals surface area contributed by atoms with Gasteiger partial charge in [-0.05, 0) is 44.6 Å². The summed E-state index contributed by atoms with van der Waals surface area (Å²) in [5, 5.41) is 11.5. The Balaban J connectivity index is 1.40.